The van der Waals surface area contributed by atoms with Crippen molar-refractivity contribution in [1.82, 2.24) is 0 Å². The molecule has 4 atom stereocenters. The maximum Gasteiger partial charge on any atom is 0.0662 e. The quantitative estimate of drug-likeness (QED) is 0.609. The van der Waals surface area contributed by atoms with Crippen LogP contribution < -0.4 is 0 Å². The van der Waals surface area contributed by atoms with Gasteiger partial charge in [0.05, 0.1) is 11.1 Å². The molecule has 0 amide bonds. The molecule has 0 bridgehead atoms. The number of nitrogens with zero attached hydrogens (tertiary/aromatic N) is 1. The van der Waals surface area contributed by atoms with Crippen molar-refractivity contribution in [3.05, 3.63) is 0 Å². The molecule has 68 valence electrons. The number of rotatable bonds is 1. The molecular formula is C10H17NS. The van der Waals surface area contributed by atoms with Crippen molar-refractivity contribution in [2.75, 3.05) is 0 Å². The molecule has 0 aromatic heterocycles. The van der Waals surface area contributed by atoms with E-state index in [0.29, 0.717) is 6.04 Å². The van der Waals surface area contributed by atoms with E-state index >= 15 is 0 Å². The third-order valence-corrected chi connectivity index (χ3v) is 4.68. The Morgan fingerprint density at radius 2 is 2.33 bits per heavy atom. The average molecular weight is 183 g/mol. The van der Waals surface area contributed by atoms with Gasteiger partial charge >= 0.3 is 0 Å². The Morgan fingerprint density at radius 3 is 3.00 bits per heavy atom. The highest BCUT2D eigenvalue weighted by Gasteiger charge is 2.43. The molecule has 0 saturated heterocycles. The maximum absolute atomic E-state index is 4.73. The first-order chi connectivity index (χ1) is 5.72. The first-order valence-corrected chi connectivity index (χ1v) is 5.81. The lowest BCUT2D eigenvalue weighted by atomic mass is 10.0. The highest BCUT2D eigenvalue weighted by atomic mass is 32.2. The van der Waals surface area contributed by atoms with Crippen molar-refractivity contribution in [2.45, 2.75) is 44.9 Å². The predicted molar refractivity (Wildman–Crippen MR) is 55.8 cm³/mol. The van der Waals surface area contributed by atoms with Gasteiger partial charge in [-0.25, -0.2) is 0 Å². The summed E-state index contributed by atoms with van der Waals surface area (Å²) in [6.07, 6.45) is 2.71. The van der Waals surface area contributed by atoms with E-state index in [1.807, 2.05) is 11.8 Å². The van der Waals surface area contributed by atoms with E-state index in [9.17, 15) is 0 Å². The molecule has 1 heterocycles. The Balaban J connectivity index is 2.16. The SMILES string of the molecule is CCC1CC(C)C2SC(C)=NC12. The van der Waals surface area contributed by atoms with Gasteiger partial charge in [0, 0.05) is 5.25 Å². The highest BCUT2D eigenvalue weighted by Crippen LogP contribution is 2.46. The molecule has 0 N–H and O–H groups in total. The van der Waals surface area contributed by atoms with E-state index in [4.69, 9.17) is 4.99 Å². The molecule has 1 aliphatic carbocycles. The average Bonchev–Trinajstić information content (AvgIpc) is 2.52. The Hall–Kier alpha value is 0.0200. The minimum Gasteiger partial charge on any atom is -0.278 e. The minimum absolute atomic E-state index is 0.662. The Labute approximate surface area is 79.0 Å². The van der Waals surface area contributed by atoms with Crippen molar-refractivity contribution in [3.8, 4) is 0 Å². The van der Waals surface area contributed by atoms with Crippen LogP contribution >= 0.6 is 11.8 Å². The fourth-order valence-corrected chi connectivity index (χ4v) is 3.91. The molecule has 0 aromatic rings. The van der Waals surface area contributed by atoms with Crippen LogP contribution in [0.3, 0.4) is 0 Å². The fraction of sp³-hybridized carbons (Fsp3) is 0.900. The van der Waals surface area contributed by atoms with Gasteiger partial charge < -0.3 is 0 Å². The molecule has 2 heteroatoms. The Bertz CT molecular complexity index is 212. The molecule has 2 aliphatic rings. The van der Waals surface area contributed by atoms with Crippen LogP contribution in [0.4, 0.5) is 0 Å². The van der Waals surface area contributed by atoms with Gasteiger partial charge in [-0.1, -0.05) is 20.3 Å². The summed E-state index contributed by atoms with van der Waals surface area (Å²) in [4.78, 5) is 4.73. The summed E-state index contributed by atoms with van der Waals surface area (Å²) in [6.45, 7) is 6.84. The number of hydrogen-bond acceptors (Lipinski definition) is 2. The van der Waals surface area contributed by atoms with Crippen molar-refractivity contribution in [3.63, 3.8) is 0 Å². The van der Waals surface area contributed by atoms with Gasteiger partial charge in [-0.2, -0.15) is 0 Å². The third kappa shape index (κ3) is 1.20. The summed E-state index contributed by atoms with van der Waals surface area (Å²) in [7, 11) is 0. The smallest absolute Gasteiger partial charge is 0.0662 e. The normalized spacial score (nSPS) is 46.1. The van der Waals surface area contributed by atoms with Gasteiger partial charge in [0.2, 0.25) is 0 Å². The van der Waals surface area contributed by atoms with E-state index < -0.39 is 0 Å². The van der Waals surface area contributed by atoms with Crippen LogP contribution in [0.15, 0.2) is 4.99 Å². The van der Waals surface area contributed by atoms with Crippen LogP contribution in [0.2, 0.25) is 0 Å². The largest absolute Gasteiger partial charge is 0.278 e. The van der Waals surface area contributed by atoms with Crippen LogP contribution in [0.1, 0.15) is 33.6 Å². The lowest BCUT2D eigenvalue weighted by molar-refractivity contribution is 0.464. The lowest BCUT2D eigenvalue weighted by Crippen LogP contribution is -2.18. The van der Waals surface area contributed by atoms with Crippen molar-refractivity contribution < 1.29 is 0 Å². The summed E-state index contributed by atoms with van der Waals surface area (Å²) in [5, 5.41) is 2.13. The first-order valence-electron chi connectivity index (χ1n) is 4.93. The summed E-state index contributed by atoms with van der Waals surface area (Å²) in [5.41, 5.74) is 0. The van der Waals surface area contributed by atoms with Gasteiger partial charge in [0.15, 0.2) is 0 Å². The van der Waals surface area contributed by atoms with Crippen LogP contribution in [-0.4, -0.2) is 16.3 Å². The summed E-state index contributed by atoms with van der Waals surface area (Å²) >= 11 is 2.01. The number of hydrogen-bond donors (Lipinski definition) is 0. The Kier molecular flexibility index (Phi) is 2.19. The van der Waals surface area contributed by atoms with Crippen molar-refractivity contribution in [2.24, 2.45) is 16.8 Å². The molecule has 0 radical (unpaired) electrons. The van der Waals surface area contributed by atoms with Crippen LogP contribution in [0.25, 0.3) is 0 Å². The van der Waals surface area contributed by atoms with E-state index in [0.717, 1.165) is 17.1 Å². The van der Waals surface area contributed by atoms with Gasteiger partial charge in [-0.3, -0.25) is 4.99 Å². The second kappa shape index (κ2) is 3.06. The topological polar surface area (TPSA) is 12.4 Å². The van der Waals surface area contributed by atoms with Crippen LogP contribution in [-0.2, 0) is 0 Å². The lowest BCUT2D eigenvalue weighted by Gasteiger charge is -2.12. The highest BCUT2D eigenvalue weighted by molar-refractivity contribution is 8.14. The molecule has 12 heavy (non-hydrogen) atoms. The maximum atomic E-state index is 4.73. The molecule has 1 saturated carbocycles. The van der Waals surface area contributed by atoms with E-state index in [1.54, 1.807) is 0 Å². The van der Waals surface area contributed by atoms with Gasteiger partial charge in [-0.05, 0) is 25.2 Å². The van der Waals surface area contributed by atoms with Gasteiger partial charge in [-0.15, -0.1) is 11.8 Å². The molecule has 2 rings (SSSR count). The molecule has 1 fully saturated rings. The molecule has 0 spiro atoms. The zero-order valence-corrected chi connectivity index (χ0v) is 8.90. The molecule has 4 unspecified atom stereocenters. The fourth-order valence-electron chi connectivity index (χ4n) is 2.57. The Morgan fingerprint density at radius 1 is 1.58 bits per heavy atom. The van der Waals surface area contributed by atoms with E-state index in [-0.39, 0.29) is 0 Å². The second-order valence-corrected chi connectivity index (χ2v) is 5.47. The van der Waals surface area contributed by atoms with Gasteiger partial charge in [0.1, 0.15) is 0 Å². The third-order valence-electron chi connectivity index (χ3n) is 3.22. The molecule has 1 nitrogen and oxygen atoms in total. The summed E-state index contributed by atoms with van der Waals surface area (Å²) in [5.74, 6) is 1.75. The molecule has 0 aromatic carbocycles. The monoisotopic (exact) mass is 183 g/mol. The summed E-state index contributed by atoms with van der Waals surface area (Å²) < 4.78 is 0. The molecule has 1 aliphatic heterocycles. The van der Waals surface area contributed by atoms with Crippen molar-refractivity contribution >= 4 is 16.8 Å². The zero-order valence-electron chi connectivity index (χ0n) is 8.08. The predicted octanol–water partition coefficient (Wildman–Crippen LogP) is 2.95. The first kappa shape index (κ1) is 8.61. The van der Waals surface area contributed by atoms with Gasteiger partial charge in [0.25, 0.3) is 0 Å². The van der Waals surface area contributed by atoms with Crippen LogP contribution in [0, 0.1) is 11.8 Å². The summed E-state index contributed by atoms with van der Waals surface area (Å²) in [6, 6.07) is 0.662. The molecular weight excluding hydrogens is 166 g/mol. The second-order valence-electron chi connectivity index (χ2n) is 4.10. The standard InChI is InChI=1S/C10H17NS/c1-4-8-5-6(2)10-9(8)11-7(3)12-10/h6,8-10H,4-5H2,1-3H3. The van der Waals surface area contributed by atoms with Crippen LogP contribution in [0.5, 0.6) is 0 Å². The van der Waals surface area contributed by atoms with E-state index in [1.165, 1.54) is 17.9 Å². The number of thioether (sulfide) groups is 1. The number of aliphatic imine (C=N–C) groups is 1. The van der Waals surface area contributed by atoms with Crippen molar-refractivity contribution in [1.29, 1.82) is 0 Å². The minimum atomic E-state index is 0.662. The number of fused-ring (bicyclic) bond motifs is 1. The van der Waals surface area contributed by atoms with E-state index in [2.05, 4.69) is 20.8 Å². The zero-order chi connectivity index (χ0) is 8.72.